The molecule has 0 spiro atoms. The summed E-state index contributed by atoms with van der Waals surface area (Å²) in [6.45, 7) is 7.44. The second-order valence-electron chi connectivity index (χ2n) is 5.37. The van der Waals surface area contributed by atoms with E-state index in [2.05, 4.69) is 26.1 Å². The molecule has 0 aliphatic rings. The fourth-order valence-corrected chi connectivity index (χ4v) is 2.44. The lowest BCUT2D eigenvalue weighted by atomic mass is 9.96. The Kier molecular flexibility index (Phi) is 6.96. The second kappa shape index (κ2) is 8.22. The van der Waals surface area contributed by atoms with Gasteiger partial charge in [0.2, 0.25) is 0 Å². The molecule has 0 saturated carbocycles. The lowest BCUT2D eigenvalue weighted by molar-refractivity contribution is -0.385. The number of halogens is 1. The molecular formula is C15H23ClN2O2. The van der Waals surface area contributed by atoms with Crippen LogP contribution in [0.5, 0.6) is 0 Å². The Labute approximate surface area is 125 Å². The highest BCUT2D eigenvalue weighted by Gasteiger charge is 2.17. The van der Waals surface area contributed by atoms with Gasteiger partial charge in [0.1, 0.15) is 0 Å². The van der Waals surface area contributed by atoms with E-state index in [9.17, 15) is 10.1 Å². The van der Waals surface area contributed by atoms with Crippen molar-refractivity contribution < 1.29 is 4.92 Å². The number of hydrogen-bond donors (Lipinski definition) is 1. The van der Waals surface area contributed by atoms with E-state index in [1.807, 2.05) is 0 Å². The number of benzene rings is 1. The number of nitro benzene ring substituents is 1. The van der Waals surface area contributed by atoms with Crippen LogP contribution in [0, 0.1) is 16.0 Å². The number of nitrogens with one attached hydrogen (secondary N) is 1. The second-order valence-corrected chi connectivity index (χ2v) is 5.81. The summed E-state index contributed by atoms with van der Waals surface area (Å²) in [4.78, 5) is 10.7. The van der Waals surface area contributed by atoms with Gasteiger partial charge in [-0.15, -0.1) is 0 Å². The summed E-state index contributed by atoms with van der Waals surface area (Å²) in [5.74, 6) is 0.500. The van der Waals surface area contributed by atoms with E-state index >= 15 is 0 Å². The zero-order valence-electron chi connectivity index (χ0n) is 12.4. The van der Waals surface area contributed by atoms with E-state index in [1.54, 1.807) is 12.1 Å². The molecule has 0 aliphatic carbocycles. The SMILES string of the molecule is CCCNC(CCc1cc(Cl)ccc1[N+](=O)[O-])C(C)C. The molecule has 0 heterocycles. The van der Waals surface area contributed by atoms with Crippen molar-refractivity contribution in [1.82, 2.24) is 5.32 Å². The van der Waals surface area contributed by atoms with Crippen molar-refractivity contribution in [2.45, 2.75) is 46.1 Å². The summed E-state index contributed by atoms with van der Waals surface area (Å²) < 4.78 is 0. The largest absolute Gasteiger partial charge is 0.314 e. The maximum Gasteiger partial charge on any atom is 0.272 e. The molecule has 0 amide bonds. The van der Waals surface area contributed by atoms with Crippen LogP contribution in [0.15, 0.2) is 18.2 Å². The molecule has 1 aromatic carbocycles. The summed E-state index contributed by atoms with van der Waals surface area (Å²) >= 11 is 5.94. The van der Waals surface area contributed by atoms with Gasteiger partial charge in [0.05, 0.1) is 4.92 Å². The van der Waals surface area contributed by atoms with Crippen LogP contribution < -0.4 is 5.32 Å². The molecule has 0 aromatic heterocycles. The molecule has 5 heteroatoms. The average molecular weight is 299 g/mol. The van der Waals surface area contributed by atoms with Crippen molar-refractivity contribution >= 4 is 17.3 Å². The zero-order valence-corrected chi connectivity index (χ0v) is 13.1. The topological polar surface area (TPSA) is 55.2 Å². The third-order valence-electron chi connectivity index (χ3n) is 3.42. The van der Waals surface area contributed by atoms with Crippen LogP contribution in [0.25, 0.3) is 0 Å². The molecule has 20 heavy (non-hydrogen) atoms. The predicted octanol–water partition coefficient (Wildman–Crippen LogP) is 4.21. The summed E-state index contributed by atoms with van der Waals surface area (Å²) in [5.41, 5.74) is 0.874. The minimum Gasteiger partial charge on any atom is -0.314 e. The number of aryl methyl sites for hydroxylation is 1. The third kappa shape index (κ3) is 5.10. The molecule has 112 valence electrons. The Balaban J connectivity index is 2.76. The van der Waals surface area contributed by atoms with Gasteiger partial charge < -0.3 is 5.32 Å². The highest BCUT2D eigenvalue weighted by Crippen LogP contribution is 2.25. The molecule has 1 rings (SSSR count). The van der Waals surface area contributed by atoms with E-state index in [0.29, 0.717) is 29.0 Å². The summed E-state index contributed by atoms with van der Waals surface area (Å²) in [6, 6.07) is 5.13. The van der Waals surface area contributed by atoms with Crippen molar-refractivity contribution in [2.75, 3.05) is 6.54 Å². The summed E-state index contributed by atoms with van der Waals surface area (Å²) in [6.07, 6.45) is 2.62. The van der Waals surface area contributed by atoms with E-state index in [1.165, 1.54) is 6.07 Å². The Morgan fingerprint density at radius 2 is 2.10 bits per heavy atom. The first kappa shape index (κ1) is 16.9. The minimum absolute atomic E-state index is 0.160. The first-order chi connectivity index (χ1) is 9.45. The Bertz CT molecular complexity index is 449. The van der Waals surface area contributed by atoms with Gasteiger partial charge in [-0.1, -0.05) is 32.4 Å². The first-order valence-corrected chi connectivity index (χ1v) is 7.49. The van der Waals surface area contributed by atoms with E-state index < -0.39 is 0 Å². The molecule has 0 bridgehead atoms. The fraction of sp³-hybridized carbons (Fsp3) is 0.600. The standard InChI is InChI=1S/C15H23ClN2O2/c1-4-9-17-14(11(2)3)7-5-12-10-13(16)6-8-15(12)18(19)20/h6,8,10-11,14,17H,4-5,7,9H2,1-3H3. The van der Waals surface area contributed by atoms with Crippen molar-refractivity contribution in [3.05, 3.63) is 38.9 Å². The highest BCUT2D eigenvalue weighted by molar-refractivity contribution is 6.30. The number of hydrogen-bond acceptors (Lipinski definition) is 3. The number of nitrogens with zero attached hydrogens (tertiary/aromatic N) is 1. The molecule has 1 N–H and O–H groups in total. The van der Waals surface area contributed by atoms with Gasteiger partial charge in [-0.2, -0.15) is 0 Å². The van der Waals surface area contributed by atoms with Crippen LogP contribution in [-0.4, -0.2) is 17.5 Å². The smallest absolute Gasteiger partial charge is 0.272 e. The Morgan fingerprint density at radius 1 is 1.40 bits per heavy atom. The van der Waals surface area contributed by atoms with E-state index in [-0.39, 0.29) is 10.6 Å². The maximum atomic E-state index is 11.0. The molecule has 4 nitrogen and oxygen atoms in total. The van der Waals surface area contributed by atoms with Crippen LogP contribution in [0.3, 0.4) is 0 Å². The van der Waals surface area contributed by atoms with Gasteiger partial charge in [-0.25, -0.2) is 0 Å². The van der Waals surface area contributed by atoms with Crippen molar-refractivity contribution in [2.24, 2.45) is 5.92 Å². The van der Waals surface area contributed by atoms with Crippen LogP contribution >= 0.6 is 11.6 Å². The predicted molar refractivity (Wildman–Crippen MR) is 83.3 cm³/mol. The van der Waals surface area contributed by atoms with Crippen molar-refractivity contribution in [3.8, 4) is 0 Å². The molecule has 0 saturated heterocycles. The van der Waals surface area contributed by atoms with Crippen molar-refractivity contribution in [3.63, 3.8) is 0 Å². The summed E-state index contributed by atoms with van der Waals surface area (Å²) in [5, 5.41) is 15.1. The fourth-order valence-electron chi connectivity index (χ4n) is 2.24. The monoisotopic (exact) mass is 298 g/mol. The summed E-state index contributed by atoms with van der Waals surface area (Å²) in [7, 11) is 0. The van der Waals surface area contributed by atoms with Gasteiger partial charge in [0.25, 0.3) is 5.69 Å². The number of nitro groups is 1. The van der Waals surface area contributed by atoms with Crippen LogP contribution in [0.4, 0.5) is 5.69 Å². The van der Waals surface area contributed by atoms with Crippen LogP contribution in [0.1, 0.15) is 39.2 Å². The van der Waals surface area contributed by atoms with Crippen LogP contribution in [-0.2, 0) is 6.42 Å². The highest BCUT2D eigenvalue weighted by atomic mass is 35.5. The van der Waals surface area contributed by atoms with E-state index in [4.69, 9.17) is 11.6 Å². The zero-order chi connectivity index (χ0) is 15.1. The van der Waals surface area contributed by atoms with Gasteiger partial charge in [-0.05, 0) is 43.9 Å². The van der Waals surface area contributed by atoms with Gasteiger partial charge >= 0.3 is 0 Å². The molecule has 0 radical (unpaired) electrons. The number of rotatable bonds is 8. The first-order valence-electron chi connectivity index (χ1n) is 7.11. The molecular weight excluding hydrogens is 276 g/mol. The quantitative estimate of drug-likeness (QED) is 0.578. The molecule has 0 fully saturated rings. The van der Waals surface area contributed by atoms with Gasteiger partial charge in [0, 0.05) is 22.7 Å². The molecule has 1 aromatic rings. The maximum absolute atomic E-state index is 11.0. The Hall–Kier alpha value is -1.13. The van der Waals surface area contributed by atoms with Crippen molar-refractivity contribution in [1.29, 1.82) is 0 Å². The average Bonchev–Trinajstić information content (AvgIpc) is 2.38. The lowest BCUT2D eigenvalue weighted by Crippen LogP contribution is -2.34. The minimum atomic E-state index is -0.338. The van der Waals surface area contributed by atoms with Gasteiger partial charge in [0.15, 0.2) is 0 Å². The molecule has 0 aliphatic heterocycles. The Morgan fingerprint density at radius 3 is 2.65 bits per heavy atom. The lowest BCUT2D eigenvalue weighted by Gasteiger charge is -2.22. The third-order valence-corrected chi connectivity index (χ3v) is 3.66. The van der Waals surface area contributed by atoms with Gasteiger partial charge in [-0.3, -0.25) is 10.1 Å². The molecule has 1 atom stereocenters. The normalized spacial score (nSPS) is 12.7. The van der Waals surface area contributed by atoms with E-state index in [0.717, 1.165) is 19.4 Å². The molecule has 1 unspecified atom stereocenters. The van der Waals surface area contributed by atoms with Crippen LogP contribution in [0.2, 0.25) is 5.02 Å².